The van der Waals surface area contributed by atoms with Gasteiger partial charge in [0.2, 0.25) is 0 Å². The second-order valence-corrected chi connectivity index (χ2v) is 6.48. The van der Waals surface area contributed by atoms with Crippen LogP contribution in [0.15, 0.2) is 48.5 Å². The quantitative estimate of drug-likeness (QED) is 0.807. The molecule has 0 radical (unpaired) electrons. The SMILES string of the molecule is CN(C)Cc1ccc(CNC(=O)NCCc2cccc(Cl)c2)cc1. The highest BCUT2D eigenvalue weighted by Crippen LogP contribution is 2.10. The minimum Gasteiger partial charge on any atom is -0.338 e. The van der Waals surface area contributed by atoms with Crippen LogP contribution in [-0.4, -0.2) is 31.6 Å². The zero-order valence-electron chi connectivity index (χ0n) is 14.2. The zero-order valence-corrected chi connectivity index (χ0v) is 14.9. The molecule has 0 spiro atoms. The molecule has 2 aromatic rings. The highest BCUT2D eigenvalue weighted by Gasteiger charge is 2.02. The Morgan fingerprint density at radius 1 is 1.00 bits per heavy atom. The monoisotopic (exact) mass is 345 g/mol. The van der Waals surface area contributed by atoms with E-state index in [-0.39, 0.29) is 6.03 Å². The fourth-order valence-electron chi connectivity index (χ4n) is 2.39. The van der Waals surface area contributed by atoms with Crippen molar-refractivity contribution < 1.29 is 4.79 Å². The summed E-state index contributed by atoms with van der Waals surface area (Å²) in [6, 6.07) is 15.8. The maximum absolute atomic E-state index is 11.8. The summed E-state index contributed by atoms with van der Waals surface area (Å²) in [7, 11) is 4.09. The van der Waals surface area contributed by atoms with Crippen molar-refractivity contribution in [1.29, 1.82) is 0 Å². The largest absolute Gasteiger partial charge is 0.338 e. The summed E-state index contributed by atoms with van der Waals surface area (Å²) in [5.41, 5.74) is 3.46. The van der Waals surface area contributed by atoms with Crippen LogP contribution in [0.5, 0.6) is 0 Å². The molecule has 2 aromatic carbocycles. The van der Waals surface area contributed by atoms with Crippen molar-refractivity contribution in [2.75, 3.05) is 20.6 Å². The van der Waals surface area contributed by atoms with Crippen LogP contribution in [0.3, 0.4) is 0 Å². The lowest BCUT2D eigenvalue weighted by Gasteiger charge is -2.11. The van der Waals surface area contributed by atoms with E-state index in [1.165, 1.54) is 5.56 Å². The summed E-state index contributed by atoms with van der Waals surface area (Å²) in [5.74, 6) is 0. The van der Waals surface area contributed by atoms with Gasteiger partial charge in [-0.1, -0.05) is 48.0 Å². The average molecular weight is 346 g/mol. The van der Waals surface area contributed by atoms with E-state index in [2.05, 4.69) is 27.7 Å². The molecule has 0 heterocycles. The van der Waals surface area contributed by atoms with Crippen LogP contribution in [0.25, 0.3) is 0 Å². The van der Waals surface area contributed by atoms with Gasteiger partial charge in [-0.15, -0.1) is 0 Å². The van der Waals surface area contributed by atoms with Gasteiger partial charge in [0.15, 0.2) is 0 Å². The zero-order chi connectivity index (χ0) is 17.4. The van der Waals surface area contributed by atoms with E-state index in [1.54, 1.807) is 0 Å². The number of hydrogen-bond donors (Lipinski definition) is 2. The molecule has 24 heavy (non-hydrogen) atoms. The number of urea groups is 1. The Labute approximate surface area is 148 Å². The van der Waals surface area contributed by atoms with Crippen molar-refractivity contribution in [2.45, 2.75) is 19.5 Å². The Bertz CT molecular complexity index is 656. The first kappa shape index (κ1) is 18.3. The van der Waals surface area contributed by atoms with Gasteiger partial charge in [0.05, 0.1) is 0 Å². The van der Waals surface area contributed by atoms with Crippen molar-refractivity contribution in [1.82, 2.24) is 15.5 Å². The minimum absolute atomic E-state index is 0.158. The number of hydrogen-bond acceptors (Lipinski definition) is 2. The summed E-state index contributed by atoms with van der Waals surface area (Å²) >= 11 is 5.94. The summed E-state index contributed by atoms with van der Waals surface area (Å²) < 4.78 is 0. The molecule has 0 saturated carbocycles. The van der Waals surface area contributed by atoms with Gasteiger partial charge in [0.1, 0.15) is 0 Å². The number of carbonyl (C=O) groups excluding carboxylic acids is 1. The predicted octanol–water partition coefficient (Wildman–Crippen LogP) is 3.44. The lowest BCUT2D eigenvalue weighted by molar-refractivity contribution is 0.240. The fraction of sp³-hybridized carbons (Fsp3) is 0.316. The van der Waals surface area contributed by atoms with Crippen molar-refractivity contribution in [2.24, 2.45) is 0 Å². The van der Waals surface area contributed by atoms with E-state index in [4.69, 9.17) is 11.6 Å². The fourth-order valence-corrected chi connectivity index (χ4v) is 2.60. The lowest BCUT2D eigenvalue weighted by Crippen LogP contribution is -2.36. The van der Waals surface area contributed by atoms with Crippen molar-refractivity contribution in [3.8, 4) is 0 Å². The molecule has 0 saturated heterocycles. The van der Waals surface area contributed by atoms with Gasteiger partial charge in [-0.3, -0.25) is 0 Å². The van der Waals surface area contributed by atoms with Gasteiger partial charge in [0, 0.05) is 24.7 Å². The number of nitrogens with zero attached hydrogens (tertiary/aromatic N) is 1. The molecule has 5 heteroatoms. The molecule has 0 aliphatic carbocycles. The minimum atomic E-state index is -0.158. The van der Waals surface area contributed by atoms with Gasteiger partial charge in [-0.05, 0) is 49.3 Å². The average Bonchev–Trinajstić information content (AvgIpc) is 2.54. The van der Waals surface area contributed by atoms with Crippen LogP contribution in [0, 0.1) is 0 Å². The van der Waals surface area contributed by atoms with Crippen molar-refractivity contribution in [3.05, 3.63) is 70.2 Å². The van der Waals surface area contributed by atoms with Crippen LogP contribution in [0.2, 0.25) is 5.02 Å². The third-order valence-corrected chi connectivity index (χ3v) is 3.80. The first-order chi connectivity index (χ1) is 11.5. The molecule has 0 fully saturated rings. The Balaban J connectivity index is 1.69. The first-order valence-electron chi connectivity index (χ1n) is 8.01. The second kappa shape index (κ2) is 9.30. The second-order valence-electron chi connectivity index (χ2n) is 6.04. The van der Waals surface area contributed by atoms with E-state index in [1.807, 2.05) is 50.5 Å². The van der Waals surface area contributed by atoms with Crippen LogP contribution in [-0.2, 0) is 19.5 Å². The van der Waals surface area contributed by atoms with Crippen LogP contribution < -0.4 is 10.6 Å². The molecule has 0 bridgehead atoms. The van der Waals surface area contributed by atoms with E-state index in [0.717, 1.165) is 29.1 Å². The molecule has 0 unspecified atom stereocenters. The smallest absolute Gasteiger partial charge is 0.315 e. The summed E-state index contributed by atoms with van der Waals surface area (Å²) in [5, 5.41) is 6.45. The van der Waals surface area contributed by atoms with Crippen LogP contribution in [0.1, 0.15) is 16.7 Å². The maximum atomic E-state index is 11.8. The Hall–Kier alpha value is -2.04. The number of nitrogens with one attached hydrogen (secondary N) is 2. The third-order valence-electron chi connectivity index (χ3n) is 3.56. The number of benzene rings is 2. The number of carbonyl (C=O) groups is 1. The summed E-state index contributed by atoms with van der Waals surface area (Å²) in [6.07, 6.45) is 0.757. The number of amides is 2. The van der Waals surface area contributed by atoms with Crippen LogP contribution in [0.4, 0.5) is 4.79 Å². The molecule has 2 N–H and O–H groups in total. The van der Waals surface area contributed by atoms with E-state index < -0.39 is 0 Å². The molecular weight excluding hydrogens is 322 g/mol. The first-order valence-corrected chi connectivity index (χ1v) is 8.39. The number of rotatable bonds is 7. The topological polar surface area (TPSA) is 44.4 Å². The van der Waals surface area contributed by atoms with Gasteiger partial charge < -0.3 is 15.5 Å². The predicted molar refractivity (Wildman–Crippen MR) is 99.2 cm³/mol. The summed E-state index contributed by atoms with van der Waals surface area (Å²) in [6.45, 7) is 2.01. The molecule has 128 valence electrons. The Kier molecular flexibility index (Phi) is 7.09. The standard InChI is InChI=1S/C19H24ClN3O/c1-23(2)14-17-8-6-16(7-9-17)13-22-19(24)21-11-10-15-4-3-5-18(20)12-15/h3-9,12H,10-11,13-14H2,1-2H3,(H2,21,22,24). The molecule has 4 nitrogen and oxygen atoms in total. The van der Waals surface area contributed by atoms with Crippen molar-refractivity contribution >= 4 is 17.6 Å². The maximum Gasteiger partial charge on any atom is 0.315 e. The van der Waals surface area contributed by atoms with Gasteiger partial charge in [-0.25, -0.2) is 4.79 Å². The third kappa shape index (κ3) is 6.60. The van der Waals surface area contributed by atoms with Gasteiger partial charge >= 0.3 is 6.03 Å². The molecule has 2 rings (SSSR count). The highest BCUT2D eigenvalue weighted by atomic mass is 35.5. The normalized spacial score (nSPS) is 10.7. The lowest BCUT2D eigenvalue weighted by atomic mass is 10.1. The Morgan fingerprint density at radius 2 is 1.71 bits per heavy atom. The molecule has 0 atom stereocenters. The molecular formula is C19H24ClN3O. The molecule has 0 aliphatic rings. The van der Waals surface area contributed by atoms with Crippen molar-refractivity contribution in [3.63, 3.8) is 0 Å². The summed E-state index contributed by atoms with van der Waals surface area (Å²) in [4.78, 5) is 14.0. The number of halogens is 1. The molecule has 2 amide bonds. The highest BCUT2D eigenvalue weighted by molar-refractivity contribution is 6.30. The van der Waals surface area contributed by atoms with E-state index >= 15 is 0 Å². The van der Waals surface area contributed by atoms with Gasteiger partial charge in [-0.2, -0.15) is 0 Å². The van der Waals surface area contributed by atoms with Gasteiger partial charge in [0.25, 0.3) is 0 Å². The van der Waals surface area contributed by atoms with Crippen LogP contribution >= 0.6 is 11.6 Å². The molecule has 0 aromatic heterocycles. The Morgan fingerprint density at radius 3 is 2.38 bits per heavy atom. The molecule has 0 aliphatic heterocycles. The van der Waals surface area contributed by atoms with E-state index in [0.29, 0.717) is 13.1 Å². The van der Waals surface area contributed by atoms with E-state index in [9.17, 15) is 4.79 Å².